The van der Waals surface area contributed by atoms with Crippen molar-refractivity contribution in [2.45, 2.75) is 19.8 Å². The van der Waals surface area contributed by atoms with E-state index in [1.165, 1.54) is 18.3 Å². The van der Waals surface area contributed by atoms with Crippen molar-refractivity contribution in [2.24, 2.45) is 0 Å². The summed E-state index contributed by atoms with van der Waals surface area (Å²) in [5.74, 6) is -0.224. The van der Waals surface area contributed by atoms with E-state index in [9.17, 15) is 4.79 Å². The molecular formula is C14H12N4O2. The molecule has 0 spiro atoms. The van der Waals surface area contributed by atoms with E-state index in [1.807, 2.05) is 19.9 Å². The zero-order chi connectivity index (χ0) is 14.5. The minimum atomic E-state index is -0.563. The zero-order valence-corrected chi connectivity index (χ0v) is 11.1. The topological polar surface area (TPSA) is 88.8 Å². The van der Waals surface area contributed by atoms with Gasteiger partial charge < -0.3 is 4.74 Å². The standard InChI is InChI=1S/C14H12N4O2/c1-9(2)12-5-3-10(8-16-12)14(19)20-13-6-4-11(7-15)17-18-13/h3-6,8-9H,1-2H3. The number of nitrogens with zero attached hydrogens (tertiary/aromatic N) is 4. The number of ether oxygens (including phenoxy) is 1. The molecule has 0 amide bonds. The van der Waals surface area contributed by atoms with Crippen molar-refractivity contribution in [3.8, 4) is 11.9 Å². The number of rotatable bonds is 3. The number of aromatic nitrogens is 3. The van der Waals surface area contributed by atoms with Gasteiger partial charge in [-0.3, -0.25) is 4.98 Å². The average Bonchev–Trinajstić information content (AvgIpc) is 2.48. The maximum atomic E-state index is 11.9. The van der Waals surface area contributed by atoms with Gasteiger partial charge in [-0.1, -0.05) is 13.8 Å². The first-order chi connectivity index (χ1) is 9.60. The predicted molar refractivity (Wildman–Crippen MR) is 70.0 cm³/mol. The van der Waals surface area contributed by atoms with Crippen LogP contribution in [0.2, 0.25) is 0 Å². The highest BCUT2D eigenvalue weighted by atomic mass is 16.5. The molecule has 0 aliphatic carbocycles. The Kier molecular flexibility index (Phi) is 4.01. The van der Waals surface area contributed by atoms with Crippen LogP contribution < -0.4 is 4.74 Å². The van der Waals surface area contributed by atoms with E-state index >= 15 is 0 Å². The van der Waals surface area contributed by atoms with E-state index in [1.54, 1.807) is 12.1 Å². The molecule has 0 radical (unpaired) electrons. The third kappa shape index (κ3) is 3.14. The minimum absolute atomic E-state index is 0.0435. The molecule has 0 N–H and O–H groups in total. The third-order valence-corrected chi connectivity index (χ3v) is 2.57. The fraction of sp³-hybridized carbons (Fsp3) is 0.214. The normalized spacial score (nSPS) is 10.1. The van der Waals surface area contributed by atoms with Gasteiger partial charge >= 0.3 is 5.97 Å². The predicted octanol–water partition coefficient (Wildman–Crippen LogP) is 2.09. The Morgan fingerprint density at radius 3 is 2.55 bits per heavy atom. The summed E-state index contributed by atoms with van der Waals surface area (Å²) in [6, 6.07) is 8.11. The first kappa shape index (κ1) is 13.6. The molecule has 0 saturated carbocycles. The van der Waals surface area contributed by atoms with E-state index in [4.69, 9.17) is 10.00 Å². The summed E-state index contributed by atoms with van der Waals surface area (Å²) < 4.78 is 5.04. The summed E-state index contributed by atoms with van der Waals surface area (Å²) in [6.07, 6.45) is 1.47. The van der Waals surface area contributed by atoms with E-state index in [0.717, 1.165) is 5.69 Å². The monoisotopic (exact) mass is 268 g/mol. The highest BCUT2D eigenvalue weighted by molar-refractivity contribution is 5.90. The highest BCUT2D eigenvalue weighted by Crippen LogP contribution is 2.13. The molecule has 2 aromatic rings. The Bertz CT molecular complexity index is 642. The largest absolute Gasteiger partial charge is 0.402 e. The van der Waals surface area contributed by atoms with Gasteiger partial charge in [-0.05, 0) is 24.1 Å². The van der Waals surface area contributed by atoms with Gasteiger partial charge in [-0.25, -0.2) is 4.79 Å². The van der Waals surface area contributed by atoms with E-state index < -0.39 is 5.97 Å². The molecule has 0 atom stereocenters. The molecule has 0 saturated heterocycles. The molecule has 2 aromatic heterocycles. The van der Waals surface area contributed by atoms with Crippen LogP contribution in [0.15, 0.2) is 30.5 Å². The Labute approximate surface area is 116 Å². The van der Waals surface area contributed by atoms with Crippen LogP contribution in [-0.2, 0) is 0 Å². The highest BCUT2D eigenvalue weighted by Gasteiger charge is 2.11. The number of hydrogen-bond acceptors (Lipinski definition) is 6. The van der Waals surface area contributed by atoms with Gasteiger partial charge in [0.2, 0.25) is 5.88 Å². The molecule has 2 heterocycles. The number of pyridine rings is 1. The lowest BCUT2D eigenvalue weighted by Crippen LogP contribution is -2.10. The zero-order valence-electron chi connectivity index (χ0n) is 11.1. The molecule has 0 aromatic carbocycles. The molecule has 0 aliphatic heterocycles. The van der Waals surface area contributed by atoms with Gasteiger partial charge in [0.15, 0.2) is 5.69 Å². The molecule has 20 heavy (non-hydrogen) atoms. The second kappa shape index (κ2) is 5.89. The van der Waals surface area contributed by atoms with Gasteiger partial charge in [-0.15, -0.1) is 10.2 Å². The molecule has 6 heteroatoms. The summed E-state index contributed by atoms with van der Waals surface area (Å²) in [5, 5.41) is 15.8. The maximum absolute atomic E-state index is 11.9. The van der Waals surface area contributed by atoms with Crippen LogP contribution in [0.3, 0.4) is 0 Å². The SMILES string of the molecule is CC(C)c1ccc(C(=O)Oc2ccc(C#N)nn2)cn1. The summed E-state index contributed by atoms with van der Waals surface area (Å²) in [4.78, 5) is 16.0. The van der Waals surface area contributed by atoms with Crippen LogP contribution in [0.1, 0.15) is 41.5 Å². The number of carbonyl (C=O) groups excluding carboxylic acids is 1. The fourth-order valence-corrected chi connectivity index (χ4v) is 1.46. The Balaban J connectivity index is 2.09. The lowest BCUT2D eigenvalue weighted by atomic mass is 10.1. The van der Waals surface area contributed by atoms with Crippen LogP contribution in [-0.4, -0.2) is 21.2 Å². The molecular weight excluding hydrogens is 256 g/mol. The molecule has 100 valence electrons. The third-order valence-electron chi connectivity index (χ3n) is 2.57. The molecule has 0 aliphatic rings. The van der Waals surface area contributed by atoms with Gasteiger partial charge in [0, 0.05) is 18.0 Å². The number of nitriles is 1. The van der Waals surface area contributed by atoms with Crippen molar-refractivity contribution in [2.75, 3.05) is 0 Å². The van der Waals surface area contributed by atoms with Crippen LogP contribution in [0.25, 0.3) is 0 Å². The van der Waals surface area contributed by atoms with Crippen LogP contribution in [0.5, 0.6) is 5.88 Å². The second-order valence-corrected chi connectivity index (χ2v) is 4.38. The van der Waals surface area contributed by atoms with Crippen LogP contribution in [0, 0.1) is 11.3 Å². The maximum Gasteiger partial charge on any atom is 0.346 e. The van der Waals surface area contributed by atoms with E-state index in [-0.39, 0.29) is 11.6 Å². The van der Waals surface area contributed by atoms with Crippen molar-refractivity contribution in [1.29, 1.82) is 5.26 Å². The van der Waals surface area contributed by atoms with Crippen molar-refractivity contribution < 1.29 is 9.53 Å². The van der Waals surface area contributed by atoms with Gasteiger partial charge in [0.05, 0.1) is 5.56 Å². The molecule has 2 rings (SSSR count). The summed E-state index contributed by atoms with van der Waals surface area (Å²) >= 11 is 0. The van der Waals surface area contributed by atoms with Gasteiger partial charge in [0.1, 0.15) is 6.07 Å². The quantitative estimate of drug-likeness (QED) is 0.792. The Morgan fingerprint density at radius 1 is 1.25 bits per heavy atom. The van der Waals surface area contributed by atoms with Crippen molar-refractivity contribution in [3.05, 3.63) is 47.4 Å². The summed E-state index contributed by atoms with van der Waals surface area (Å²) in [7, 11) is 0. The first-order valence-corrected chi connectivity index (χ1v) is 6.02. The van der Waals surface area contributed by atoms with E-state index in [2.05, 4.69) is 15.2 Å². The molecule has 0 fully saturated rings. The molecule has 6 nitrogen and oxygen atoms in total. The molecule has 0 unspecified atom stereocenters. The number of carbonyl (C=O) groups is 1. The number of esters is 1. The van der Waals surface area contributed by atoms with Crippen LogP contribution >= 0.6 is 0 Å². The van der Waals surface area contributed by atoms with Gasteiger partial charge in [-0.2, -0.15) is 5.26 Å². The van der Waals surface area contributed by atoms with Crippen molar-refractivity contribution >= 4 is 5.97 Å². The molecule has 0 bridgehead atoms. The summed E-state index contributed by atoms with van der Waals surface area (Å²) in [6.45, 7) is 4.04. The fourth-order valence-electron chi connectivity index (χ4n) is 1.46. The van der Waals surface area contributed by atoms with Crippen LogP contribution in [0.4, 0.5) is 0 Å². The lowest BCUT2D eigenvalue weighted by molar-refractivity contribution is 0.0725. The average molecular weight is 268 g/mol. The summed E-state index contributed by atoms with van der Waals surface area (Å²) in [5.41, 5.74) is 1.40. The first-order valence-electron chi connectivity index (χ1n) is 6.02. The second-order valence-electron chi connectivity index (χ2n) is 4.38. The van der Waals surface area contributed by atoms with E-state index in [0.29, 0.717) is 11.5 Å². The minimum Gasteiger partial charge on any atom is -0.402 e. The van der Waals surface area contributed by atoms with Gasteiger partial charge in [0.25, 0.3) is 0 Å². The van der Waals surface area contributed by atoms with Crippen molar-refractivity contribution in [3.63, 3.8) is 0 Å². The number of hydrogen-bond donors (Lipinski definition) is 0. The lowest BCUT2D eigenvalue weighted by Gasteiger charge is -2.05. The Hall–Kier alpha value is -2.81. The smallest absolute Gasteiger partial charge is 0.346 e. The Morgan fingerprint density at radius 2 is 2.05 bits per heavy atom. The van der Waals surface area contributed by atoms with Crippen molar-refractivity contribution in [1.82, 2.24) is 15.2 Å².